The van der Waals surface area contributed by atoms with Gasteiger partial charge in [-0.2, -0.15) is 0 Å². The molecule has 2 N–H and O–H groups in total. The van der Waals surface area contributed by atoms with Crippen molar-refractivity contribution in [1.82, 2.24) is 15.5 Å². The maximum atomic E-state index is 5.90. The van der Waals surface area contributed by atoms with Gasteiger partial charge in [0, 0.05) is 13.1 Å². The summed E-state index contributed by atoms with van der Waals surface area (Å²) in [6.07, 6.45) is 5.57. The molecule has 2 rings (SSSR count). The average molecular weight is 296 g/mol. The Morgan fingerprint density at radius 2 is 2.05 bits per heavy atom. The van der Waals surface area contributed by atoms with Gasteiger partial charge < -0.3 is 20.3 Å². The van der Waals surface area contributed by atoms with E-state index in [2.05, 4.69) is 36.3 Å². The zero-order chi connectivity index (χ0) is 15.1. The zero-order valence-electron chi connectivity index (χ0n) is 13.9. The lowest BCUT2D eigenvalue weighted by Gasteiger charge is -2.23. The lowest BCUT2D eigenvalue weighted by atomic mass is 9.96. The van der Waals surface area contributed by atoms with E-state index in [4.69, 9.17) is 9.73 Å². The van der Waals surface area contributed by atoms with Gasteiger partial charge in [-0.15, -0.1) is 0 Å². The first-order valence-electron chi connectivity index (χ1n) is 8.69. The van der Waals surface area contributed by atoms with E-state index < -0.39 is 0 Å². The Kier molecular flexibility index (Phi) is 6.77. The van der Waals surface area contributed by atoms with Gasteiger partial charge in [0.2, 0.25) is 0 Å². The van der Waals surface area contributed by atoms with Crippen LogP contribution in [0.1, 0.15) is 46.5 Å². The summed E-state index contributed by atoms with van der Waals surface area (Å²) in [4.78, 5) is 7.16. The monoisotopic (exact) mass is 296 g/mol. The van der Waals surface area contributed by atoms with Crippen LogP contribution in [0.15, 0.2) is 4.99 Å². The smallest absolute Gasteiger partial charge is 0.191 e. The molecule has 122 valence electrons. The quantitative estimate of drug-likeness (QED) is 0.406. The van der Waals surface area contributed by atoms with E-state index in [1.165, 1.54) is 12.8 Å². The molecule has 3 unspecified atom stereocenters. The molecule has 21 heavy (non-hydrogen) atoms. The molecule has 0 aromatic heterocycles. The second-order valence-electron chi connectivity index (χ2n) is 6.00. The van der Waals surface area contributed by atoms with Gasteiger partial charge in [0.25, 0.3) is 0 Å². The summed E-state index contributed by atoms with van der Waals surface area (Å²) in [6, 6.07) is 0.448. The molecule has 0 radical (unpaired) electrons. The van der Waals surface area contributed by atoms with Gasteiger partial charge in [-0.3, -0.25) is 4.99 Å². The third-order valence-electron chi connectivity index (χ3n) is 4.57. The van der Waals surface area contributed by atoms with Crippen LogP contribution in [-0.2, 0) is 4.74 Å². The molecule has 2 heterocycles. The predicted octanol–water partition coefficient (Wildman–Crippen LogP) is 1.59. The van der Waals surface area contributed by atoms with Crippen molar-refractivity contribution in [2.24, 2.45) is 4.99 Å². The minimum absolute atomic E-state index is 0.398. The minimum Gasteiger partial charge on any atom is -0.373 e. The van der Waals surface area contributed by atoms with E-state index >= 15 is 0 Å². The van der Waals surface area contributed by atoms with Crippen LogP contribution >= 0.6 is 0 Å². The molecule has 2 fully saturated rings. The highest BCUT2D eigenvalue weighted by Gasteiger charge is 2.41. The van der Waals surface area contributed by atoms with Crippen LogP contribution < -0.4 is 10.6 Å². The van der Waals surface area contributed by atoms with E-state index in [9.17, 15) is 0 Å². The van der Waals surface area contributed by atoms with Gasteiger partial charge in [0.05, 0.1) is 18.2 Å². The molecule has 2 bridgehead atoms. The third kappa shape index (κ3) is 4.85. The van der Waals surface area contributed by atoms with Crippen LogP contribution in [0.4, 0.5) is 0 Å². The Hall–Kier alpha value is -0.810. The summed E-state index contributed by atoms with van der Waals surface area (Å²) >= 11 is 0. The molecule has 3 atom stereocenters. The normalized spacial score (nSPS) is 28.4. The van der Waals surface area contributed by atoms with Crippen LogP contribution in [0, 0.1) is 0 Å². The van der Waals surface area contributed by atoms with Crippen molar-refractivity contribution in [3.8, 4) is 0 Å². The van der Waals surface area contributed by atoms with Crippen LogP contribution in [0.5, 0.6) is 0 Å². The number of rotatable bonds is 8. The topological polar surface area (TPSA) is 48.9 Å². The number of aliphatic imine (C=N–C) groups is 1. The standard InChI is InChI=1S/C16H32N4O/c1-4-17-16(18-10-7-11-20(5-2)6-3)19-14-12-13-8-9-15(14)21-13/h13-15H,4-12H2,1-3H3,(H2,17,18,19). The molecule has 0 amide bonds. The van der Waals surface area contributed by atoms with Gasteiger partial charge in [-0.25, -0.2) is 0 Å². The zero-order valence-corrected chi connectivity index (χ0v) is 13.9. The maximum absolute atomic E-state index is 5.90. The number of nitrogens with zero attached hydrogens (tertiary/aromatic N) is 2. The Labute approximate surface area is 129 Å². The van der Waals surface area contributed by atoms with E-state index in [0.29, 0.717) is 18.2 Å². The summed E-state index contributed by atoms with van der Waals surface area (Å²) in [6.45, 7) is 11.7. The molecule has 2 aliphatic heterocycles. The fraction of sp³-hybridized carbons (Fsp3) is 0.938. The van der Waals surface area contributed by atoms with E-state index in [-0.39, 0.29) is 0 Å². The lowest BCUT2D eigenvalue weighted by Crippen LogP contribution is -2.47. The average Bonchev–Trinajstić information content (AvgIpc) is 3.10. The number of nitrogens with one attached hydrogen (secondary N) is 2. The molecule has 0 aliphatic carbocycles. The van der Waals surface area contributed by atoms with Crippen LogP contribution in [0.2, 0.25) is 0 Å². The second kappa shape index (κ2) is 8.59. The van der Waals surface area contributed by atoms with Gasteiger partial charge in [0.1, 0.15) is 0 Å². The number of fused-ring (bicyclic) bond motifs is 2. The first kappa shape index (κ1) is 16.6. The lowest BCUT2D eigenvalue weighted by molar-refractivity contribution is 0.0992. The van der Waals surface area contributed by atoms with Crippen molar-refractivity contribution in [1.29, 1.82) is 0 Å². The molecular weight excluding hydrogens is 264 g/mol. The molecule has 2 saturated heterocycles. The Balaban J connectivity index is 1.74. The summed E-state index contributed by atoms with van der Waals surface area (Å²) in [5, 5.41) is 6.92. The van der Waals surface area contributed by atoms with Crippen molar-refractivity contribution >= 4 is 5.96 Å². The molecule has 5 nitrogen and oxygen atoms in total. The Bertz CT molecular complexity index is 330. The first-order chi connectivity index (χ1) is 10.3. The van der Waals surface area contributed by atoms with Gasteiger partial charge in [-0.1, -0.05) is 13.8 Å². The molecule has 0 saturated carbocycles. The molecule has 0 spiro atoms. The molecule has 0 aromatic rings. The fourth-order valence-corrected chi connectivity index (χ4v) is 3.31. The van der Waals surface area contributed by atoms with Crippen molar-refractivity contribution in [3.05, 3.63) is 0 Å². The van der Waals surface area contributed by atoms with Gasteiger partial charge >= 0.3 is 0 Å². The van der Waals surface area contributed by atoms with Gasteiger partial charge in [-0.05, 0) is 52.2 Å². The second-order valence-corrected chi connectivity index (χ2v) is 6.00. The van der Waals surface area contributed by atoms with Crippen LogP contribution in [-0.4, -0.2) is 61.8 Å². The summed E-state index contributed by atoms with van der Waals surface area (Å²) < 4.78 is 5.90. The van der Waals surface area contributed by atoms with Crippen molar-refractivity contribution in [2.45, 2.75) is 64.7 Å². The fourth-order valence-electron chi connectivity index (χ4n) is 3.31. The number of ether oxygens (including phenoxy) is 1. The van der Waals surface area contributed by atoms with E-state index in [1.54, 1.807) is 0 Å². The molecule has 0 aromatic carbocycles. The maximum Gasteiger partial charge on any atom is 0.191 e. The summed E-state index contributed by atoms with van der Waals surface area (Å²) in [7, 11) is 0. The highest BCUT2D eigenvalue weighted by atomic mass is 16.5. The largest absolute Gasteiger partial charge is 0.373 e. The first-order valence-corrected chi connectivity index (χ1v) is 8.69. The number of hydrogen-bond donors (Lipinski definition) is 2. The highest BCUT2D eigenvalue weighted by molar-refractivity contribution is 5.80. The van der Waals surface area contributed by atoms with E-state index in [0.717, 1.165) is 51.5 Å². The van der Waals surface area contributed by atoms with Crippen LogP contribution in [0.3, 0.4) is 0 Å². The molecule has 5 heteroatoms. The SMILES string of the molecule is CCNC(=NCCCN(CC)CC)NC1CC2CCC1O2. The van der Waals surface area contributed by atoms with Crippen molar-refractivity contribution in [3.63, 3.8) is 0 Å². The molecular formula is C16H32N4O. The Morgan fingerprint density at radius 1 is 1.24 bits per heavy atom. The summed E-state index contributed by atoms with van der Waals surface area (Å²) in [5.41, 5.74) is 0. The van der Waals surface area contributed by atoms with Crippen molar-refractivity contribution < 1.29 is 4.74 Å². The Morgan fingerprint density at radius 3 is 2.62 bits per heavy atom. The minimum atomic E-state index is 0.398. The molecule has 2 aliphatic rings. The van der Waals surface area contributed by atoms with E-state index in [1.807, 2.05) is 0 Å². The van der Waals surface area contributed by atoms with Crippen LogP contribution in [0.25, 0.3) is 0 Å². The van der Waals surface area contributed by atoms with Crippen molar-refractivity contribution in [2.75, 3.05) is 32.7 Å². The predicted molar refractivity (Wildman–Crippen MR) is 87.8 cm³/mol. The summed E-state index contributed by atoms with van der Waals surface area (Å²) in [5.74, 6) is 0.957. The number of hydrogen-bond acceptors (Lipinski definition) is 3. The van der Waals surface area contributed by atoms with Gasteiger partial charge in [0.15, 0.2) is 5.96 Å². The third-order valence-corrected chi connectivity index (χ3v) is 4.57. The highest BCUT2D eigenvalue weighted by Crippen LogP contribution is 2.34. The number of guanidine groups is 1.